The molecule has 1 aromatic heterocycles. The Bertz CT molecular complexity index is 1190. The number of carbonyl (C=O) groups excluding carboxylic acids is 3. The second-order valence-corrected chi connectivity index (χ2v) is 11.5. The highest BCUT2D eigenvalue weighted by molar-refractivity contribution is 6.39. The number of amides is 3. The first-order chi connectivity index (χ1) is 18.5. The molecule has 2 aliphatic rings. The molecule has 2 fully saturated rings. The number of benzene rings is 1. The van der Waals surface area contributed by atoms with E-state index in [1.807, 2.05) is 56.0 Å². The number of nitrogens with zero attached hydrogens (tertiary/aromatic N) is 5. The summed E-state index contributed by atoms with van der Waals surface area (Å²) in [6.45, 7) is 12.8. The fourth-order valence-corrected chi connectivity index (χ4v) is 5.43. The molecule has 3 amide bonds. The van der Waals surface area contributed by atoms with Crippen molar-refractivity contribution in [1.29, 1.82) is 0 Å². The molecule has 0 aliphatic carbocycles. The topological polar surface area (TPSA) is 115 Å². The zero-order valence-corrected chi connectivity index (χ0v) is 23.7. The first-order valence-corrected chi connectivity index (χ1v) is 13.6. The number of nitrogen functional groups attached to an aromatic ring is 1. The molecule has 0 saturated carbocycles. The van der Waals surface area contributed by atoms with Crippen LogP contribution in [0.15, 0.2) is 42.6 Å². The number of anilines is 2. The Morgan fingerprint density at radius 3 is 2.36 bits per heavy atom. The molecule has 2 aliphatic heterocycles. The number of pyridine rings is 1. The van der Waals surface area contributed by atoms with Crippen molar-refractivity contribution in [2.75, 3.05) is 63.9 Å². The van der Waals surface area contributed by atoms with Gasteiger partial charge in [-0.25, -0.2) is 4.98 Å². The van der Waals surface area contributed by atoms with Crippen LogP contribution in [0.1, 0.15) is 37.9 Å². The van der Waals surface area contributed by atoms with Crippen molar-refractivity contribution < 1.29 is 14.4 Å². The lowest BCUT2D eigenvalue weighted by Gasteiger charge is -2.48. The molecule has 0 spiro atoms. The number of likely N-dealkylation sites (N-methyl/N-ethyl adjacent to an activating group) is 1. The fraction of sp³-hybridized carbons (Fsp3) is 0.517. The first-order valence-electron chi connectivity index (χ1n) is 13.6. The summed E-state index contributed by atoms with van der Waals surface area (Å²) in [6.07, 6.45) is 1.43. The molecule has 3 N–H and O–H groups in total. The summed E-state index contributed by atoms with van der Waals surface area (Å²) in [5.74, 6) is -0.957. The number of hydrogen-bond donors (Lipinski definition) is 2. The number of aryl methyl sites for hydroxylation is 1. The van der Waals surface area contributed by atoms with Crippen molar-refractivity contribution in [3.05, 3.63) is 53.7 Å². The number of carbonyl (C=O) groups is 3. The van der Waals surface area contributed by atoms with Crippen LogP contribution in [0.2, 0.25) is 0 Å². The van der Waals surface area contributed by atoms with Gasteiger partial charge < -0.3 is 25.8 Å². The second kappa shape index (κ2) is 11.7. The smallest absolute Gasteiger partial charge is 0.313 e. The third-order valence-electron chi connectivity index (χ3n) is 7.81. The Morgan fingerprint density at radius 2 is 1.72 bits per heavy atom. The minimum absolute atomic E-state index is 0.0647. The van der Waals surface area contributed by atoms with Gasteiger partial charge in [-0.05, 0) is 51.9 Å². The zero-order valence-electron chi connectivity index (χ0n) is 23.7. The van der Waals surface area contributed by atoms with Crippen LogP contribution in [0.5, 0.6) is 0 Å². The molecule has 3 heterocycles. The number of nitrogens with one attached hydrogen (secondary N) is 1. The van der Waals surface area contributed by atoms with Gasteiger partial charge in [0, 0.05) is 51.9 Å². The second-order valence-electron chi connectivity index (χ2n) is 11.5. The van der Waals surface area contributed by atoms with E-state index in [9.17, 15) is 14.4 Å². The average Bonchev–Trinajstić information content (AvgIpc) is 2.91. The molecule has 2 atom stereocenters. The van der Waals surface area contributed by atoms with E-state index in [0.717, 1.165) is 31.7 Å². The SMILES string of the molecule is Cc1cc(NC(=O)C(=O)N2C[C@@H](C)N(C(=O)C(C)(C)CN3CCN(C)CC3)C[C@@H]2c2ccccc2)cnc1N. The Balaban J connectivity index is 1.52. The molecule has 2 saturated heterocycles. The molecule has 10 nitrogen and oxygen atoms in total. The van der Waals surface area contributed by atoms with Crippen LogP contribution in [-0.2, 0) is 14.4 Å². The fourth-order valence-electron chi connectivity index (χ4n) is 5.43. The van der Waals surface area contributed by atoms with Gasteiger partial charge in [-0.1, -0.05) is 30.3 Å². The van der Waals surface area contributed by atoms with Gasteiger partial charge >= 0.3 is 11.8 Å². The van der Waals surface area contributed by atoms with Gasteiger partial charge in [-0.3, -0.25) is 19.3 Å². The van der Waals surface area contributed by atoms with E-state index in [0.29, 0.717) is 30.2 Å². The predicted molar refractivity (Wildman–Crippen MR) is 152 cm³/mol. The summed E-state index contributed by atoms with van der Waals surface area (Å²) in [7, 11) is 2.12. The summed E-state index contributed by atoms with van der Waals surface area (Å²) < 4.78 is 0. The van der Waals surface area contributed by atoms with Gasteiger partial charge in [0.05, 0.1) is 23.3 Å². The van der Waals surface area contributed by atoms with E-state index in [2.05, 4.69) is 27.1 Å². The van der Waals surface area contributed by atoms with Crippen LogP contribution in [-0.4, -0.2) is 101 Å². The number of aromatic nitrogens is 1. The number of piperazine rings is 2. The van der Waals surface area contributed by atoms with Crippen LogP contribution in [0.25, 0.3) is 0 Å². The van der Waals surface area contributed by atoms with Crippen LogP contribution in [0, 0.1) is 12.3 Å². The monoisotopic (exact) mass is 535 g/mol. The van der Waals surface area contributed by atoms with E-state index < -0.39 is 23.3 Å². The number of nitrogens with two attached hydrogens (primary N) is 1. The minimum atomic E-state index is -0.746. The molecule has 1 aromatic carbocycles. The van der Waals surface area contributed by atoms with E-state index in [1.165, 1.54) is 6.20 Å². The predicted octanol–water partition coefficient (Wildman–Crippen LogP) is 1.98. The minimum Gasteiger partial charge on any atom is -0.383 e. The van der Waals surface area contributed by atoms with Crippen molar-refractivity contribution in [2.24, 2.45) is 5.41 Å². The first kappa shape index (κ1) is 28.5. The summed E-state index contributed by atoms with van der Waals surface area (Å²) in [6, 6.07) is 10.6. The molecular formula is C29H41N7O3. The van der Waals surface area contributed by atoms with Crippen LogP contribution in [0.3, 0.4) is 0 Å². The van der Waals surface area contributed by atoms with E-state index >= 15 is 0 Å². The maximum atomic E-state index is 13.9. The Morgan fingerprint density at radius 1 is 1.05 bits per heavy atom. The third-order valence-corrected chi connectivity index (χ3v) is 7.81. The van der Waals surface area contributed by atoms with Crippen molar-refractivity contribution >= 4 is 29.2 Å². The molecule has 4 rings (SSSR count). The maximum Gasteiger partial charge on any atom is 0.313 e. The average molecular weight is 536 g/mol. The third kappa shape index (κ3) is 6.57. The van der Waals surface area contributed by atoms with Gasteiger partial charge in [0.15, 0.2) is 0 Å². The van der Waals surface area contributed by atoms with Crippen LogP contribution >= 0.6 is 0 Å². The van der Waals surface area contributed by atoms with Gasteiger partial charge in [0.25, 0.3) is 0 Å². The van der Waals surface area contributed by atoms with Crippen molar-refractivity contribution in [1.82, 2.24) is 24.6 Å². The van der Waals surface area contributed by atoms with Gasteiger partial charge in [0.2, 0.25) is 5.91 Å². The zero-order chi connectivity index (χ0) is 28.3. The molecule has 2 aromatic rings. The molecule has 0 radical (unpaired) electrons. The molecule has 0 unspecified atom stereocenters. The number of rotatable bonds is 5. The Kier molecular flexibility index (Phi) is 8.56. The van der Waals surface area contributed by atoms with Crippen LogP contribution in [0.4, 0.5) is 11.5 Å². The normalized spacial score (nSPS) is 21.1. The van der Waals surface area contributed by atoms with Crippen molar-refractivity contribution in [2.45, 2.75) is 39.8 Å². The lowest BCUT2D eigenvalue weighted by Crippen LogP contribution is -2.61. The Labute approximate surface area is 231 Å². The summed E-state index contributed by atoms with van der Waals surface area (Å²) >= 11 is 0. The summed E-state index contributed by atoms with van der Waals surface area (Å²) in [4.78, 5) is 52.7. The molecule has 210 valence electrons. The lowest BCUT2D eigenvalue weighted by atomic mass is 9.88. The quantitative estimate of drug-likeness (QED) is 0.563. The van der Waals surface area contributed by atoms with Crippen molar-refractivity contribution in [3.63, 3.8) is 0 Å². The van der Waals surface area contributed by atoms with Gasteiger partial charge in [-0.15, -0.1) is 0 Å². The highest BCUT2D eigenvalue weighted by atomic mass is 16.2. The van der Waals surface area contributed by atoms with Gasteiger partial charge in [0.1, 0.15) is 5.82 Å². The molecule has 10 heteroatoms. The lowest BCUT2D eigenvalue weighted by molar-refractivity contribution is -0.155. The summed E-state index contributed by atoms with van der Waals surface area (Å²) in [5.41, 5.74) is 7.19. The standard InChI is InChI=1S/C29H41N7O3/c1-20-15-23(16-31-25(20)30)32-26(37)27(38)36-17-21(2)35(18-24(36)22-9-7-6-8-10-22)28(39)29(3,4)19-34-13-11-33(5)12-14-34/h6-10,15-16,21,24H,11-14,17-19H2,1-5H3,(H2,30,31)(H,32,37)/t21-,24-/m1/s1. The van der Waals surface area contributed by atoms with E-state index in [1.54, 1.807) is 17.9 Å². The van der Waals surface area contributed by atoms with E-state index in [4.69, 9.17) is 5.73 Å². The highest BCUT2D eigenvalue weighted by Crippen LogP contribution is 2.32. The number of hydrogen-bond acceptors (Lipinski definition) is 7. The van der Waals surface area contributed by atoms with E-state index in [-0.39, 0.29) is 18.5 Å². The molecule has 39 heavy (non-hydrogen) atoms. The van der Waals surface area contributed by atoms with Crippen LogP contribution < -0.4 is 11.1 Å². The molecular weight excluding hydrogens is 494 g/mol. The summed E-state index contributed by atoms with van der Waals surface area (Å²) in [5, 5.41) is 2.66. The highest BCUT2D eigenvalue weighted by Gasteiger charge is 2.43. The van der Waals surface area contributed by atoms with Crippen molar-refractivity contribution in [3.8, 4) is 0 Å². The largest absolute Gasteiger partial charge is 0.383 e. The maximum absolute atomic E-state index is 13.9. The molecule has 0 bridgehead atoms. The Hall–Kier alpha value is -3.50. The van der Waals surface area contributed by atoms with Gasteiger partial charge in [-0.2, -0.15) is 0 Å².